The lowest BCUT2D eigenvalue weighted by Crippen LogP contribution is -2.29. The number of thioether (sulfide) groups is 1. The zero-order valence-corrected chi connectivity index (χ0v) is 10.5. The smallest absolute Gasteiger partial charge is 0.0473 e. The predicted molar refractivity (Wildman–Crippen MR) is 67.7 cm³/mol. The number of benzene rings is 1. The summed E-state index contributed by atoms with van der Waals surface area (Å²) in [5, 5.41) is 0. The van der Waals surface area contributed by atoms with Crippen LogP contribution in [-0.4, -0.2) is 6.26 Å². The van der Waals surface area contributed by atoms with E-state index in [0.717, 1.165) is 6.42 Å². The van der Waals surface area contributed by atoms with E-state index in [0.29, 0.717) is 5.92 Å². The maximum absolute atomic E-state index is 5.62. The zero-order chi connectivity index (χ0) is 11.3. The molecular formula is C12H20N2S. The Hall–Kier alpha value is -0.510. The lowest BCUT2D eigenvalue weighted by atomic mass is 9.97. The first-order chi connectivity index (χ1) is 7.19. The van der Waals surface area contributed by atoms with Gasteiger partial charge < -0.3 is 0 Å². The van der Waals surface area contributed by atoms with Crippen LogP contribution in [0.2, 0.25) is 0 Å². The number of hydrogen-bond donors (Lipinski definition) is 2. The van der Waals surface area contributed by atoms with E-state index >= 15 is 0 Å². The van der Waals surface area contributed by atoms with Crippen molar-refractivity contribution in [1.29, 1.82) is 0 Å². The van der Waals surface area contributed by atoms with Crippen molar-refractivity contribution in [3.8, 4) is 0 Å². The molecule has 1 rings (SSSR count). The molecule has 2 nitrogen and oxygen atoms in total. The molecule has 1 atom stereocenters. The zero-order valence-electron chi connectivity index (χ0n) is 9.66. The Kier molecular flexibility index (Phi) is 5.15. The summed E-state index contributed by atoms with van der Waals surface area (Å²) in [4.78, 5) is 1.31. The molecule has 0 aliphatic carbocycles. The molecule has 0 radical (unpaired) electrons. The third-order valence-corrected chi connectivity index (χ3v) is 3.23. The van der Waals surface area contributed by atoms with Crippen molar-refractivity contribution in [2.24, 2.45) is 11.8 Å². The predicted octanol–water partition coefficient (Wildman–Crippen LogP) is 2.96. The Bertz CT molecular complexity index is 299. The van der Waals surface area contributed by atoms with Gasteiger partial charge in [-0.3, -0.25) is 11.3 Å². The first kappa shape index (κ1) is 12.6. The highest BCUT2D eigenvalue weighted by atomic mass is 32.2. The van der Waals surface area contributed by atoms with Crippen molar-refractivity contribution in [1.82, 2.24) is 5.43 Å². The molecular weight excluding hydrogens is 204 g/mol. The average molecular weight is 224 g/mol. The van der Waals surface area contributed by atoms with Gasteiger partial charge in [0.2, 0.25) is 0 Å². The number of rotatable bonds is 5. The molecule has 0 spiro atoms. The van der Waals surface area contributed by atoms with Gasteiger partial charge in [-0.05, 0) is 30.2 Å². The van der Waals surface area contributed by atoms with Crippen molar-refractivity contribution in [3.05, 3.63) is 29.8 Å². The molecule has 0 amide bonds. The van der Waals surface area contributed by atoms with Gasteiger partial charge in [-0.1, -0.05) is 32.0 Å². The van der Waals surface area contributed by atoms with E-state index in [4.69, 9.17) is 5.84 Å². The quantitative estimate of drug-likeness (QED) is 0.459. The second kappa shape index (κ2) is 6.16. The van der Waals surface area contributed by atoms with Crippen LogP contribution in [0.15, 0.2) is 29.2 Å². The van der Waals surface area contributed by atoms with E-state index in [1.54, 1.807) is 11.8 Å². The van der Waals surface area contributed by atoms with Gasteiger partial charge in [0.05, 0.1) is 0 Å². The molecule has 0 fully saturated rings. The van der Waals surface area contributed by atoms with E-state index in [1.807, 2.05) is 0 Å². The summed E-state index contributed by atoms with van der Waals surface area (Å²) in [5.41, 5.74) is 4.22. The summed E-state index contributed by atoms with van der Waals surface area (Å²) in [7, 11) is 0. The van der Waals surface area contributed by atoms with Gasteiger partial charge in [0.1, 0.15) is 0 Å². The fourth-order valence-electron chi connectivity index (χ4n) is 1.71. The Morgan fingerprint density at radius 1 is 1.33 bits per heavy atom. The molecule has 1 aromatic carbocycles. The number of hydrazine groups is 1. The molecule has 0 aliphatic heterocycles. The fourth-order valence-corrected chi connectivity index (χ4v) is 2.37. The minimum Gasteiger partial charge on any atom is -0.271 e. The third kappa shape index (κ3) is 3.52. The highest BCUT2D eigenvalue weighted by Gasteiger charge is 2.14. The molecule has 1 aromatic rings. The van der Waals surface area contributed by atoms with Crippen LogP contribution in [0, 0.1) is 5.92 Å². The molecule has 0 aliphatic rings. The van der Waals surface area contributed by atoms with E-state index in [1.165, 1.54) is 10.5 Å². The Labute approximate surface area is 96.6 Å². The Morgan fingerprint density at radius 2 is 2.00 bits per heavy atom. The van der Waals surface area contributed by atoms with Gasteiger partial charge >= 0.3 is 0 Å². The third-order valence-electron chi connectivity index (χ3n) is 2.42. The summed E-state index contributed by atoms with van der Waals surface area (Å²) in [5.74, 6) is 6.26. The van der Waals surface area contributed by atoms with Gasteiger partial charge in [-0.25, -0.2) is 0 Å². The monoisotopic (exact) mass is 224 g/mol. The Morgan fingerprint density at radius 3 is 2.53 bits per heavy atom. The maximum Gasteiger partial charge on any atom is 0.0473 e. The second-order valence-electron chi connectivity index (χ2n) is 4.09. The molecule has 1 unspecified atom stereocenters. The van der Waals surface area contributed by atoms with E-state index < -0.39 is 0 Å². The fraction of sp³-hybridized carbons (Fsp3) is 0.500. The minimum absolute atomic E-state index is 0.258. The summed E-state index contributed by atoms with van der Waals surface area (Å²) < 4.78 is 0. The van der Waals surface area contributed by atoms with E-state index in [9.17, 15) is 0 Å². The van der Waals surface area contributed by atoms with E-state index in [-0.39, 0.29) is 6.04 Å². The standard InChI is InChI=1S/C12H20N2S/c1-9(2)8-11(14-13)10-6-4-5-7-12(10)15-3/h4-7,9,11,14H,8,13H2,1-3H3. The number of nitrogens with one attached hydrogen (secondary N) is 1. The number of nitrogens with two attached hydrogens (primary N) is 1. The van der Waals surface area contributed by atoms with Crippen molar-refractivity contribution in [3.63, 3.8) is 0 Å². The molecule has 0 saturated carbocycles. The molecule has 15 heavy (non-hydrogen) atoms. The van der Waals surface area contributed by atoms with Crippen LogP contribution in [-0.2, 0) is 0 Å². The van der Waals surface area contributed by atoms with Gasteiger partial charge in [0.15, 0.2) is 0 Å². The van der Waals surface area contributed by atoms with Crippen LogP contribution in [0.5, 0.6) is 0 Å². The van der Waals surface area contributed by atoms with Gasteiger partial charge in [0.25, 0.3) is 0 Å². The van der Waals surface area contributed by atoms with Crippen LogP contribution in [0.3, 0.4) is 0 Å². The topological polar surface area (TPSA) is 38.0 Å². The van der Waals surface area contributed by atoms with E-state index in [2.05, 4.69) is 49.8 Å². The molecule has 0 aromatic heterocycles. The highest BCUT2D eigenvalue weighted by molar-refractivity contribution is 7.98. The van der Waals surface area contributed by atoms with Crippen molar-refractivity contribution in [2.45, 2.75) is 31.2 Å². The molecule has 0 saturated heterocycles. The lowest BCUT2D eigenvalue weighted by Gasteiger charge is -2.20. The van der Waals surface area contributed by atoms with Crippen LogP contribution in [0.4, 0.5) is 0 Å². The first-order valence-corrected chi connectivity index (χ1v) is 6.50. The maximum atomic E-state index is 5.62. The Balaban J connectivity index is 2.90. The molecule has 0 bridgehead atoms. The highest BCUT2D eigenvalue weighted by Crippen LogP contribution is 2.28. The number of hydrogen-bond acceptors (Lipinski definition) is 3. The molecule has 0 heterocycles. The molecule has 3 N–H and O–H groups in total. The van der Waals surface area contributed by atoms with Gasteiger partial charge in [-0.15, -0.1) is 11.8 Å². The second-order valence-corrected chi connectivity index (χ2v) is 4.94. The lowest BCUT2D eigenvalue weighted by molar-refractivity contribution is 0.433. The first-order valence-electron chi connectivity index (χ1n) is 5.28. The summed E-state index contributed by atoms with van der Waals surface area (Å²) in [6, 6.07) is 8.69. The SMILES string of the molecule is CSc1ccccc1C(CC(C)C)NN. The largest absolute Gasteiger partial charge is 0.271 e. The van der Waals surface area contributed by atoms with Crippen LogP contribution >= 0.6 is 11.8 Å². The summed E-state index contributed by atoms with van der Waals surface area (Å²) in [6.07, 6.45) is 3.16. The van der Waals surface area contributed by atoms with Crippen LogP contribution < -0.4 is 11.3 Å². The van der Waals surface area contributed by atoms with Crippen LogP contribution in [0.1, 0.15) is 31.9 Å². The van der Waals surface area contributed by atoms with Crippen LogP contribution in [0.25, 0.3) is 0 Å². The summed E-state index contributed by atoms with van der Waals surface area (Å²) >= 11 is 1.77. The molecule has 84 valence electrons. The van der Waals surface area contributed by atoms with Gasteiger partial charge in [-0.2, -0.15) is 0 Å². The minimum atomic E-state index is 0.258. The van der Waals surface area contributed by atoms with Gasteiger partial charge in [0, 0.05) is 10.9 Å². The van der Waals surface area contributed by atoms with Crippen molar-refractivity contribution >= 4 is 11.8 Å². The average Bonchev–Trinajstić information content (AvgIpc) is 2.25. The van der Waals surface area contributed by atoms with Crippen molar-refractivity contribution < 1.29 is 0 Å². The normalized spacial score (nSPS) is 13.1. The molecule has 3 heteroatoms. The summed E-state index contributed by atoms with van der Waals surface area (Å²) in [6.45, 7) is 4.43. The van der Waals surface area contributed by atoms with Crippen molar-refractivity contribution in [2.75, 3.05) is 6.26 Å².